The molecule has 0 aliphatic carbocycles. The number of carbonyl (C=O) groups is 1. The van der Waals surface area contributed by atoms with Gasteiger partial charge in [-0.25, -0.2) is 0 Å². The van der Waals surface area contributed by atoms with Gasteiger partial charge in [0.2, 0.25) is 5.91 Å². The van der Waals surface area contributed by atoms with Crippen molar-refractivity contribution in [2.45, 2.75) is 23.8 Å². The van der Waals surface area contributed by atoms with E-state index in [0.29, 0.717) is 12.3 Å². The minimum absolute atomic E-state index is 0. The molecule has 2 aromatic rings. The molecule has 5 heteroatoms. The predicted octanol–water partition coefficient (Wildman–Crippen LogP) is 3.46. The highest BCUT2D eigenvalue weighted by Gasteiger charge is 2.33. The standard InChI is InChI=1S/C19H22N2OS.ClH/c1-14-7-9-16(10-8-14)23-13-19(22)21-11-17(18(20)12-21)15-5-3-2-4-6-15;/h2-10,17-18H,11-13,20H2,1H3;1H/t17-,18+;/m0./s1. The Morgan fingerprint density at radius 2 is 1.79 bits per heavy atom. The molecule has 0 saturated carbocycles. The molecule has 1 amide bonds. The van der Waals surface area contributed by atoms with Crippen LogP contribution in [0.15, 0.2) is 59.5 Å². The fourth-order valence-corrected chi connectivity index (χ4v) is 3.76. The Balaban J connectivity index is 0.00000208. The molecule has 0 radical (unpaired) electrons. The van der Waals surface area contributed by atoms with E-state index in [4.69, 9.17) is 5.73 Å². The summed E-state index contributed by atoms with van der Waals surface area (Å²) in [4.78, 5) is 15.5. The van der Waals surface area contributed by atoms with Crippen LogP contribution in [0.5, 0.6) is 0 Å². The van der Waals surface area contributed by atoms with Crippen molar-refractivity contribution >= 4 is 30.1 Å². The third-order valence-electron chi connectivity index (χ3n) is 4.33. The highest BCUT2D eigenvalue weighted by Crippen LogP contribution is 2.27. The van der Waals surface area contributed by atoms with E-state index in [1.807, 2.05) is 23.1 Å². The summed E-state index contributed by atoms with van der Waals surface area (Å²) in [7, 11) is 0. The maximum atomic E-state index is 12.5. The SMILES string of the molecule is Cc1ccc(SCC(=O)N2C[C@@H](N)[C@H](c3ccccc3)C2)cc1.Cl. The Morgan fingerprint density at radius 1 is 1.12 bits per heavy atom. The Kier molecular flexibility index (Phi) is 6.72. The zero-order valence-electron chi connectivity index (χ0n) is 13.7. The van der Waals surface area contributed by atoms with Gasteiger partial charge in [-0.2, -0.15) is 0 Å². The maximum Gasteiger partial charge on any atom is 0.233 e. The van der Waals surface area contributed by atoms with Crippen LogP contribution < -0.4 is 5.73 Å². The molecule has 1 saturated heterocycles. The number of hydrogen-bond acceptors (Lipinski definition) is 3. The molecule has 1 fully saturated rings. The Hall–Kier alpha value is -1.49. The van der Waals surface area contributed by atoms with Gasteiger partial charge in [-0.3, -0.25) is 4.79 Å². The lowest BCUT2D eigenvalue weighted by Gasteiger charge is -2.16. The second-order valence-corrected chi connectivity index (χ2v) is 7.13. The van der Waals surface area contributed by atoms with Gasteiger partial charge in [-0.05, 0) is 24.6 Å². The number of nitrogens with two attached hydrogens (primary N) is 1. The molecule has 0 aromatic heterocycles. The van der Waals surface area contributed by atoms with Crippen molar-refractivity contribution in [3.05, 3.63) is 65.7 Å². The normalized spacial score (nSPS) is 19.8. The van der Waals surface area contributed by atoms with E-state index in [9.17, 15) is 4.79 Å². The smallest absolute Gasteiger partial charge is 0.233 e. The quantitative estimate of drug-likeness (QED) is 0.847. The lowest BCUT2D eigenvalue weighted by molar-refractivity contribution is -0.127. The molecule has 2 N–H and O–H groups in total. The summed E-state index contributed by atoms with van der Waals surface area (Å²) in [5.41, 5.74) is 8.72. The molecule has 3 rings (SSSR count). The summed E-state index contributed by atoms with van der Waals surface area (Å²) in [6.07, 6.45) is 0. The van der Waals surface area contributed by atoms with Crippen molar-refractivity contribution in [2.24, 2.45) is 5.73 Å². The first-order chi connectivity index (χ1) is 11.1. The van der Waals surface area contributed by atoms with Crippen LogP contribution in [0.2, 0.25) is 0 Å². The molecule has 2 aromatic carbocycles. The number of amides is 1. The van der Waals surface area contributed by atoms with E-state index >= 15 is 0 Å². The number of carbonyl (C=O) groups excluding carboxylic acids is 1. The molecular formula is C19H23ClN2OS. The zero-order chi connectivity index (χ0) is 16.2. The fraction of sp³-hybridized carbons (Fsp3) is 0.316. The monoisotopic (exact) mass is 362 g/mol. The van der Waals surface area contributed by atoms with Gasteiger partial charge < -0.3 is 10.6 Å². The van der Waals surface area contributed by atoms with Gasteiger partial charge in [0, 0.05) is 29.9 Å². The third kappa shape index (κ3) is 4.53. The van der Waals surface area contributed by atoms with Gasteiger partial charge in [0.05, 0.1) is 5.75 Å². The molecule has 0 spiro atoms. The summed E-state index contributed by atoms with van der Waals surface area (Å²) < 4.78 is 0. The van der Waals surface area contributed by atoms with Crippen LogP contribution in [-0.4, -0.2) is 35.7 Å². The van der Waals surface area contributed by atoms with Gasteiger partial charge in [-0.1, -0.05) is 48.0 Å². The number of aryl methyl sites for hydroxylation is 1. The van der Waals surface area contributed by atoms with Crippen LogP contribution in [0.1, 0.15) is 17.0 Å². The highest BCUT2D eigenvalue weighted by atomic mass is 35.5. The van der Waals surface area contributed by atoms with Gasteiger partial charge in [0.1, 0.15) is 0 Å². The lowest BCUT2D eigenvalue weighted by atomic mass is 9.95. The fourth-order valence-electron chi connectivity index (χ4n) is 2.96. The zero-order valence-corrected chi connectivity index (χ0v) is 15.4. The van der Waals surface area contributed by atoms with Crippen LogP contribution in [0, 0.1) is 6.92 Å². The molecule has 1 aliphatic heterocycles. The first-order valence-electron chi connectivity index (χ1n) is 7.91. The second-order valence-electron chi connectivity index (χ2n) is 6.08. The topological polar surface area (TPSA) is 46.3 Å². The van der Waals surface area contributed by atoms with E-state index in [0.717, 1.165) is 11.4 Å². The molecule has 128 valence electrons. The summed E-state index contributed by atoms with van der Waals surface area (Å²) >= 11 is 1.59. The largest absolute Gasteiger partial charge is 0.340 e. The number of hydrogen-bond donors (Lipinski definition) is 1. The molecule has 2 atom stereocenters. The molecule has 1 aliphatic rings. The van der Waals surface area contributed by atoms with Crippen molar-refractivity contribution in [1.82, 2.24) is 4.90 Å². The average Bonchev–Trinajstić information content (AvgIpc) is 2.97. The van der Waals surface area contributed by atoms with Crippen LogP contribution >= 0.6 is 24.2 Å². The van der Waals surface area contributed by atoms with Crippen molar-refractivity contribution < 1.29 is 4.79 Å². The molecule has 24 heavy (non-hydrogen) atoms. The number of rotatable bonds is 4. The van der Waals surface area contributed by atoms with E-state index < -0.39 is 0 Å². The Labute approximate surface area is 154 Å². The van der Waals surface area contributed by atoms with Crippen LogP contribution in [0.25, 0.3) is 0 Å². The average molecular weight is 363 g/mol. The number of benzene rings is 2. The number of thioether (sulfide) groups is 1. The van der Waals surface area contributed by atoms with E-state index in [1.54, 1.807) is 11.8 Å². The molecule has 0 bridgehead atoms. The van der Waals surface area contributed by atoms with Crippen LogP contribution in [0.3, 0.4) is 0 Å². The number of nitrogens with zero attached hydrogens (tertiary/aromatic N) is 1. The lowest BCUT2D eigenvalue weighted by Crippen LogP contribution is -2.33. The minimum Gasteiger partial charge on any atom is -0.340 e. The van der Waals surface area contributed by atoms with E-state index in [2.05, 4.69) is 43.3 Å². The number of halogens is 1. The number of likely N-dealkylation sites (tertiary alicyclic amines) is 1. The minimum atomic E-state index is 0. The van der Waals surface area contributed by atoms with Gasteiger partial charge in [0.15, 0.2) is 0 Å². The summed E-state index contributed by atoms with van der Waals surface area (Å²) in [5, 5.41) is 0. The predicted molar refractivity (Wildman–Crippen MR) is 103 cm³/mol. The van der Waals surface area contributed by atoms with E-state index in [-0.39, 0.29) is 30.3 Å². The highest BCUT2D eigenvalue weighted by molar-refractivity contribution is 8.00. The van der Waals surface area contributed by atoms with Crippen molar-refractivity contribution in [1.29, 1.82) is 0 Å². The summed E-state index contributed by atoms with van der Waals surface area (Å²) in [6.45, 7) is 3.43. The Morgan fingerprint density at radius 3 is 2.46 bits per heavy atom. The summed E-state index contributed by atoms with van der Waals surface area (Å²) in [6, 6.07) is 18.6. The summed E-state index contributed by atoms with van der Waals surface area (Å²) in [5.74, 6) is 0.881. The van der Waals surface area contributed by atoms with E-state index in [1.165, 1.54) is 11.1 Å². The molecule has 3 nitrogen and oxygen atoms in total. The van der Waals surface area contributed by atoms with Gasteiger partial charge in [0.25, 0.3) is 0 Å². The Bertz CT molecular complexity index is 663. The third-order valence-corrected chi connectivity index (χ3v) is 5.33. The molecule has 1 heterocycles. The first-order valence-corrected chi connectivity index (χ1v) is 8.90. The van der Waals surface area contributed by atoms with Crippen molar-refractivity contribution in [3.63, 3.8) is 0 Å². The van der Waals surface area contributed by atoms with Crippen molar-refractivity contribution in [3.8, 4) is 0 Å². The molecular weight excluding hydrogens is 340 g/mol. The van der Waals surface area contributed by atoms with Gasteiger partial charge >= 0.3 is 0 Å². The first kappa shape index (κ1) is 18.8. The van der Waals surface area contributed by atoms with Crippen molar-refractivity contribution in [2.75, 3.05) is 18.8 Å². The van der Waals surface area contributed by atoms with Gasteiger partial charge in [-0.15, -0.1) is 24.2 Å². The molecule has 0 unspecified atom stereocenters. The second kappa shape index (κ2) is 8.56. The van der Waals surface area contributed by atoms with Crippen LogP contribution in [0.4, 0.5) is 0 Å². The van der Waals surface area contributed by atoms with Crippen LogP contribution in [-0.2, 0) is 4.79 Å². The maximum absolute atomic E-state index is 12.5.